The molecule has 1 aromatic rings. The second-order valence-corrected chi connectivity index (χ2v) is 3.06. The maximum atomic E-state index is 2.27. The number of rotatable bonds is 0. The maximum Gasteiger partial charge on any atom is 0 e. The topological polar surface area (TPSA) is 0 Å². The largest absolute Gasteiger partial charge is 0.214 e. The molecule has 1 heteroatoms. The number of hydrogen-bond donors (Lipinski definition) is 0. The quantitative estimate of drug-likeness (QED) is 0.480. The molecule has 1 aliphatic rings. The predicted octanol–water partition coefficient (Wildman–Crippen LogP) is 4.08. The molecular weight excluding hydrogens is 348 g/mol. The smallest absolute Gasteiger partial charge is 0 e. The van der Waals surface area contributed by atoms with Crippen LogP contribution in [0.15, 0.2) is 54.6 Å². The van der Waals surface area contributed by atoms with Crippen LogP contribution in [-0.2, 0) is 20.1 Å². The minimum Gasteiger partial charge on any atom is -0.214 e. The van der Waals surface area contributed by atoms with Gasteiger partial charge in [0.05, 0.1) is 0 Å². The van der Waals surface area contributed by atoms with Gasteiger partial charge in [0.15, 0.2) is 0 Å². The first-order chi connectivity index (χ1) is 6.50. The SMILES string of the molecule is C1=C\CC/C=C\CC/1.[Ir].c1cc[cH-]c1. The van der Waals surface area contributed by atoms with Crippen molar-refractivity contribution in [1.82, 2.24) is 0 Å². The molecule has 1 radical (unpaired) electrons. The van der Waals surface area contributed by atoms with Gasteiger partial charge in [-0.2, -0.15) is 18.2 Å². The van der Waals surface area contributed by atoms with E-state index in [0.717, 1.165) is 0 Å². The molecule has 0 saturated carbocycles. The Morgan fingerprint density at radius 2 is 1.00 bits per heavy atom. The summed E-state index contributed by atoms with van der Waals surface area (Å²) in [5, 5.41) is 0. The van der Waals surface area contributed by atoms with Gasteiger partial charge in [-0.25, -0.2) is 12.1 Å². The van der Waals surface area contributed by atoms with Crippen molar-refractivity contribution >= 4 is 0 Å². The molecule has 0 spiro atoms. The van der Waals surface area contributed by atoms with Crippen molar-refractivity contribution in [2.45, 2.75) is 25.7 Å². The summed E-state index contributed by atoms with van der Waals surface area (Å²) in [6, 6.07) is 10.0. The first-order valence-corrected chi connectivity index (χ1v) is 4.97. The van der Waals surface area contributed by atoms with Crippen molar-refractivity contribution in [1.29, 1.82) is 0 Å². The van der Waals surface area contributed by atoms with Crippen molar-refractivity contribution in [2.24, 2.45) is 0 Å². The van der Waals surface area contributed by atoms with E-state index in [-0.39, 0.29) is 20.1 Å². The fourth-order valence-electron chi connectivity index (χ4n) is 1.18. The molecule has 0 atom stereocenters. The molecule has 2 rings (SSSR count). The zero-order valence-electron chi connectivity index (χ0n) is 8.36. The molecule has 0 amide bonds. The van der Waals surface area contributed by atoms with E-state index in [9.17, 15) is 0 Å². The Hall–Kier alpha value is -0.521. The van der Waals surface area contributed by atoms with Crippen LogP contribution in [0.1, 0.15) is 25.7 Å². The fraction of sp³-hybridized carbons (Fsp3) is 0.308. The summed E-state index contributed by atoms with van der Waals surface area (Å²) in [5.41, 5.74) is 0. The predicted molar refractivity (Wildman–Crippen MR) is 58.8 cm³/mol. The number of hydrogen-bond acceptors (Lipinski definition) is 0. The summed E-state index contributed by atoms with van der Waals surface area (Å²) in [4.78, 5) is 0. The molecule has 0 aliphatic heterocycles. The van der Waals surface area contributed by atoms with Crippen molar-refractivity contribution in [2.75, 3.05) is 0 Å². The van der Waals surface area contributed by atoms with Crippen LogP contribution in [0.3, 0.4) is 0 Å². The van der Waals surface area contributed by atoms with E-state index in [4.69, 9.17) is 0 Å². The van der Waals surface area contributed by atoms with Gasteiger partial charge in [0.1, 0.15) is 0 Å². The van der Waals surface area contributed by atoms with Gasteiger partial charge in [0.25, 0.3) is 0 Å². The van der Waals surface area contributed by atoms with Crippen molar-refractivity contribution in [3.05, 3.63) is 54.6 Å². The van der Waals surface area contributed by atoms with Crippen molar-refractivity contribution in [3.8, 4) is 0 Å². The van der Waals surface area contributed by atoms with Crippen LogP contribution in [0.25, 0.3) is 0 Å². The van der Waals surface area contributed by atoms with Crippen LogP contribution < -0.4 is 0 Å². The first kappa shape index (κ1) is 13.5. The Bertz CT molecular complexity index is 189. The van der Waals surface area contributed by atoms with Crippen LogP contribution in [0, 0.1) is 0 Å². The standard InChI is InChI=1S/C8H12.C5H5.Ir/c1-2-4-6-8-7-5-3-1;1-2-4-5-3-1;/h1-2,7-8H,3-6H2;1-5H;/q;-1;/b2-1-,8-7-;;. The normalized spacial score (nSPS) is 18.9. The van der Waals surface area contributed by atoms with Gasteiger partial charge in [-0.05, 0) is 25.7 Å². The summed E-state index contributed by atoms with van der Waals surface area (Å²) >= 11 is 0. The molecule has 14 heavy (non-hydrogen) atoms. The van der Waals surface area contributed by atoms with E-state index in [1.165, 1.54) is 25.7 Å². The molecule has 1 aliphatic carbocycles. The Balaban J connectivity index is 0.000000246. The first-order valence-electron chi connectivity index (χ1n) is 4.97. The van der Waals surface area contributed by atoms with Crippen LogP contribution >= 0.6 is 0 Å². The van der Waals surface area contributed by atoms with Crippen LogP contribution in [0.2, 0.25) is 0 Å². The van der Waals surface area contributed by atoms with Gasteiger partial charge in [-0.3, -0.25) is 0 Å². The van der Waals surface area contributed by atoms with Crippen LogP contribution in [-0.4, -0.2) is 0 Å². The molecule has 0 saturated heterocycles. The Morgan fingerprint density at radius 1 is 0.643 bits per heavy atom. The third-order valence-electron chi connectivity index (χ3n) is 1.89. The van der Waals surface area contributed by atoms with Crippen LogP contribution in [0.5, 0.6) is 0 Å². The average molecular weight is 365 g/mol. The van der Waals surface area contributed by atoms with E-state index in [0.29, 0.717) is 0 Å². The molecule has 0 N–H and O–H groups in total. The van der Waals surface area contributed by atoms with Crippen molar-refractivity contribution in [3.63, 3.8) is 0 Å². The summed E-state index contributed by atoms with van der Waals surface area (Å²) in [5.74, 6) is 0. The Labute approximate surface area is 100 Å². The van der Waals surface area contributed by atoms with Gasteiger partial charge in [-0.1, -0.05) is 24.3 Å². The summed E-state index contributed by atoms with van der Waals surface area (Å²) < 4.78 is 0. The monoisotopic (exact) mass is 366 g/mol. The molecule has 0 unspecified atom stereocenters. The van der Waals surface area contributed by atoms with E-state index < -0.39 is 0 Å². The third kappa shape index (κ3) is 8.09. The summed E-state index contributed by atoms with van der Waals surface area (Å²) in [7, 11) is 0. The fourth-order valence-corrected chi connectivity index (χ4v) is 1.18. The molecule has 0 fully saturated rings. The summed E-state index contributed by atoms with van der Waals surface area (Å²) in [6.45, 7) is 0. The van der Waals surface area contributed by atoms with E-state index in [2.05, 4.69) is 24.3 Å². The molecule has 1 aromatic carbocycles. The van der Waals surface area contributed by atoms with Crippen molar-refractivity contribution < 1.29 is 20.1 Å². The Morgan fingerprint density at radius 3 is 1.21 bits per heavy atom. The molecule has 0 bridgehead atoms. The van der Waals surface area contributed by atoms with E-state index in [1.807, 2.05) is 30.3 Å². The minimum atomic E-state index is 0. The second-order valence-electron chi connectivity index (χ2n) is 3.06. The van der Waals surface area contributed by atoms with Gasteiger partial charge in [0.2, 0.25) is 0 Å². The van der Waals surface area contributed by atoms with Gasteiger partial charge in [0, 0.05) is 20.1 Å². The minimum absolute atomic E-state index is 0. The zero-order chi connectivity index (χ0) is 9.19. The van der Waals surface area contributed by atoms with Gasteiger partial charge in [-0.15, -0.1) is 0 Å². The Kier molecular flexibility index (Phi) is 10.2. The summed E-state index contributed by atoms with van der Waals surface area (Å²) in [6.07, 6.45) is 14.0. The molecule has 0 heterocycles. The zero-order valence-corrected chi connectivity index (χ0v) is 10.8. The second kappa shape index (κ2) is 10.6. The van der Waals surface area contributed by atoms with E-state index >= 15 is 0 Å². The number of allylic oxidation sites excluding steroid dienone is 4. The van der Waals surface area contributed by atoms with Gasteiger partial charge >= 0.3 is 0 Å². The third-order valence-corrected chi connectivity index (χ3v) is 1.89. The molecular formula is C13H17Ir-. The molecule has 79 valence electrons. The van der Waals surface area contributed by atoms with Crippen LogP contribution in [0.4, 0.5) is 0 Å². The van der Waals surface area contributed by atoms with E-state index in [1.54, 1.807) is 0 Å². The molecule has 0 nitrogen and oxygen atoms in total. The maximum absolute atomic E-state index is 2.27. The average Bonchev–Trinajstić information content (AvgIpc) is 2.58. The molecule has 0 aromatic heterocycles. The van der Waals surface area contributed by atoms with Gasteiger partial charge < -0.3 is 0 Å².